The molecule has 0 bridgehead atoms. The van der Waals surface area contributed by atoms with Gasteiger partial charge in [-0.1, -0.05) is 85.9 Å². The van der Waals surface area contributed by atoms with Gasteiger partial charge in [0.2, 0.25) is 0 Å². The zero-order valence-corrected chi connectivity index (χ0v) is 17.3. The largest absolute Gasteiger partial charge is 0.270 e. The lowest BCUT2D eigenvalue weighted by Crippen LogP contribution is -2.37. The van der Waals surface area contributed by atoms with E-state index in [0.29, 0.717) is 6.54 Å². The van der Waals surface area contributed by atoms with E-state index in [1.807, 2.05) is 66.7 Å². The number of rotatable bonds is 5. The van der Waals surface area contributed by atoms with Gasteiger partial charge < -0.3 is 0 Å². The number of nitrogens with zero attached hydrogens (tertiary/aromatic N) is 1. The highest BCUT2D eigenvalue weighted by molar-refractivity contribution is 6.76. The van der Waals surface area contributed by atoms with Crippen LogP contribution in [0.4, 0.5) is 0 Å². The summed E-state index contributed by atoms with van der Waals surface area (Å²) in [6.45, 7) is 7.58. The third kappa shape index (κ3) is 5.78. The number of hydrogen-bond donors (Lipinski definition) is 0. The number of amides is 1. The van der Waals surface area contributed by atoms with E-state index in [1.54, 1.807) is 6.08 Å². The molecule has 0 radical (unpaired) electrons. The Hall–Kier alpha value is -2.43. The number of carbonyl (C=O) groups is 1. The van der Waals surface area contributed by atoms with Crippen LogP contribution >= 0.6 is 0 Å². The topological polar surface area (TPSA) is 29.5 Å². The fourth-order valence-corrected chi connectivity index (χ4v) is 4.79. The molecule has 1 unspecified atom stereocenters. The second-order valence-electron chi connectivity index (χ2n) is 8.12. The Balaban J connectivity index is 1.80. The van der Waals surface area contributed by atoms with Crippen molar-refractivity contribution in [2.75, 3.05) is 6.54 Å². The Labute approximate surface area is 162 Å². The van der Waals surface area contributed by atoms with Crippen molar-refractivity contribution in [3.8, 4) is 0 Å². The molecule has 2 aromatic rings. The van der Waals surface area contributed by atoms with E-state index in [4.69, 9.17) is 4.84 Å². The molecule has 3 rings (SSSR count). The summed E-state index contributed by atoms with van der Waals surface area (Å²) < 4.78 is 0. The third-order valence-electron chi connectivity index (χ3n) is 4.32. The highest BCUT2D eigenvalue weighted by Crippen LogP contribution is 2.30. The molecule has 0 aromatic heterocycles. The molecule has 1 aliphatic rings. The van der Waals surface area contributed by atoms with E-state index >= 15 is 0 Å². The van der Waals surface area contributed by atoms with Crippen molar-refractivity contribution in [1.82, 2.24) is 5.06 Å². The molecule has 1 atom stereocenters. The molecule has 0 fully saturated rings. The molecule has 2 aromatic carbocycles. The zero-order valence-electron chi connectivity index (χ0n) is 16.3. The quantitative estimate of drug-likeness (QED) is 0.392. The summed E-state index contributed by atoms with van der Waals surface area (Å²) in [5, 5.41) is 1.51. The van der Waals surface area contributed by atoms with Crippen LogP contribution in [-0.2, 0) is 9.63 Å². The second-order valence-corrected chi connectivity index (χ2v) is 13.6. The Morgan fingerprint density at radius 2 is 1.70 bits per heavy atom. The second kappa shape index (κ2) is 8.50. The minimum Gasteiger partial charge on any atom is -0.267 e. The molecule has 1 heterocycles. The first-order chi connectivity index (χ1) is 12.9. The Bertz CT molecular complexity index is 822. The molecule has 27 heavy (non-hydrogen) atoms. The lowest BCUT2D eigenvalue weighted by Gasteiger charge is -2.33. The average Bonchev–Trinajstić information content (AvgIpc) is 2.66. The highest BCUT2D eigenvalue weighted by Gasteiger charge is 2.27. The summed E-state index contributed by atoms with van der Waals surface area (Å²) in [4.78, 5) is 18.8. The first kappa shape index (κ1) is 19.3. The SMILES string of the molecule is C[Si](C)(C)CC1=CC(c2ccccc2)ON(C(=O)/C=C/c2ccccc2)C1. The van der Waals surface area contributed by atoms with Crippen molar-refractivity contribution in [2.45, 2.75) is 31.8 Å². The Morgan fingerprint density at radius 1 is 1.07 bits per heavy atom. The smallest absolute Gasteiger partial charge is 0.267 e. The fourth-order valence-electron chi connectivity index (χ4n) is 3.20. The van der Waals surface area contributed by atoms with Gasteiger partial charge in [0.1, 0.15) is 6.10 Å². The fraction of sp³-hybridized carbons (Fsp3) is 0.261. The van der Waals surface area contributed by atoms with Crippen molar-refractivity contribution in [1.29, 1.82) is 0 Å². The maximum atomic E-state index is 12.8. The molecule has 3 nitrogen and oxygen atoms in total. The standard InChI is InChI=1S/C23H27NO2Si/c1-27(2,3)18-20-16-22(21-12-8-5-9-13-21)26-24(17-20)23(25)15-14-19-10-6-4-7-11-19/h4-16,22H,17-18H2,1-3H3/b15-14+. The lowest BCUT2D eigenvalue weighted by molar-refractivity contribution is -0.196. The number of hydroxylamine groups is 2. The molecule has 0 N–H and O–H groups in total. The molecule has 0 spiro atoms. The first-order valence-electron chi connectivity index (χ1n) is 9.37. The van der Waals surface area contributed by atoms with Gasteiger partial charge in [-0.15, -0.1) is 0 Å². The lowest BCUT2D eigenvalue weighted by atomic mass is 10.1. The van der Waals surface area contributed by atoms with Crippen LogP contribution in [-0.4, -0.2) is 25.6 Å². The van der Waals surface area contributed by atoms with Crippen LogP contribution in [0.15, 0.2) is 78.4 Å². The first-order valence-corrected chi connectivity index (χ1v) is 13.1. The summed E-state index contributed by atoms with van der Waals surface area (Å²) in [7, 11) is -1.29. The van der Waals surface area contributed by atoms with Crippen molar-refractivity contribution < 1.29 is 9.63 Å². The van der Waals surface area contributed by atoms with E-state index in [1.165, 1.54) is 10.6 Å². The third-order valence-corrected chi connectivity index (χ3v) is 5.84. The minimum atomic E-state index is -1.29. The van der Waals surface area contributed by atoms with Crippen molar-refractivity contribution in [3.63, 3.8) is 0 Å². The molecule has 0 aliphatic carbocycles. The van der Waals surface area contributed by atoms with Crippen LogP contribution in [0.3, 0.4) is 0 Å². The van der Waals surface area contributed by atoms with Gasteiger partial charge in [-0.25, -0.2) is 5.06 Å². The predicted octanol–water partition coefficient (Wildman–Crippen LogP) is 5.48. The summed E-state index contributed by atoms with van der Waals surface area (Å²) in [6, 6.07) is 21.0. The summed E-state index contributed by atoms with van der Waals surface area (Å²) in [5.74, 6) is -0.124. The van der Waals surface area contributed by atoms with Gasteiger partial charge in [-0.2, -0.15) is 0 Å². The molecule has 4 heteroatoms. The van der Waals surface area contributed by atoms with Crippen LogP contribution in [0.5, 0.6) is 0 Å². The molecule has 1 amide bonds. The van der Waals surface area contributed by atoms with Crippen LogP contribution in [0, 0.1) is 0 Å². The molecule has 140 valence electrons. The van der Waals surface area contributed by atoms with Gasteiger partial charge >= 0.3 is 0 Å². The minimum absolute atomic E-state index is 0.124. The maximum Gasteiger partial charge on any atom is 0.270 e. The van der Waals surface area contributed by atoms with Gasteiger partial charge in [0.25, 0.3) is 5.91 Å². The summed E-state index contributed by atoms with van der Waals surface area (Å²) in [5.41, 5.74) is 3.35. The van der Waals surface area contributed by atoms with Gasteiger partial charge in [0.15, 0.2) is 0 Å². The summed E-state index contributed by atoms with van der Waals surface area (Å²) in [6.07, 6.45) is 5.40. The average molecular weight is 378 g/mol. The van der Waals surface area contributed by atoms with E-state index in [9.17, 15) is 4.79 Å². The van der Waals surface area contributed by atoms with Crippen LogP contribution in [0.25, 0.3) is 6.08 Å². The maximum absolute atomic E-state index is 12.8. The number of carbonyl (C=O) groups excluding carboxylic acids is 1. The van der Waals surface area contributed by atoms with Crippen molar-refractivity contribution in [2.24, 2.45) is 0 Å². The van der Waals surface area contributed by atoms with Crippen molar-refractivity contribution in [3.05, 3.63) is 89.5 Å². The van der Waals surface area contributed by atoms with Gasteiger partial charge in [0, 0.05) is 14.1 Å². The van der Waals surface area contributed by atoms with Gasteiger partial charge in [-0.3, -0.25) is 9.63 Å². The van der Waals surface area contributed by atoms with Crippen LogP contribution < -0.4 is 0 Å². The zero-order chi connectivity index (χ0) is 19.3. The number of hydrogen-bond acceptors (Lipinski definition) is 2. The normalized spacial score (nSPS) is 17.8. The van der Waals surface area contributed by atoms with Gasteiger partial charge in [-0.05, 0) is 29.3 Å². The number of benzene rings is 2. The summed E-state index contributed by atoms with van der Waals surface area (Å²) >= 11 is 0. The van der Waals surface area contributed by atoms with E-state index < -0.39 is 8.07 Å². The predicted molar refractivity (Wildman–Crippen MR) is 114 cm³/mol. The van der Waals surface area contributed by atoms with E-state index in [0.717, 1.165) is 17.2 Å². The monoisotopic (exact) mass is 377 g/mol. The Kier molecular flexibility index (Phi) is 6.09. The van der Waals surface area contributed by atoms with E-state index in [-0.39, 0.29) is 12.0 Å². The Morgan fingerprint density at radius 3 is 2.33 bits per heavy atom. The molecule has 1 aliphatic heterocycles. The van der Waals surface area contributed by atoms with E-state index in [2.05, 4.69) is 25.7 Å². The molecule has 0 saturated carbocycles. The molecule has 0 saturated heterocycles. The van der Waals surface area contributed by atoms with Crippen molar-refractivity contribution >= 4 is 20.1 Å². The van der Waals surface area contributed by atoms with Gasteiger partial charge in [0.05, 0.1) is 6.54 Å². The molecular formula is C23H27NO2Si. The highest BCUT2D eigenvalue weighted by atomic mass is 28.3. The molecular weight excluding hydrogens is 350 g/mol. The van der Waals surface area contributed by atoms with Crippen LogP contribution in [0.2, 0.25) is 25.7 Å². The van der Waals surface area contributed by atoms with Crippen LogP contribution in [0.1, 0.15) is 17.2 Å².